The molecule has 5 nitrogen and oxygen atoms in total. The summed E-state index contributed by atoms with van der Waals surface area (Å²) in [5.74, 6) is 0. The number of hydrogen-bond donors (Lipinski definition) is 0. The molecule has 15 rings (SSSR count). The lowest BCUT2D eigenvalue weighted by Gasteiger charge is -2.28. The first-order valence-electron chi connectivity index (χ1n) is 37.3. The molecule has 0 N–H and O–H groups in total. The second-order valence-electron chi connectivity index (χ2n) is 29.2. The van der Waals surface area contributed by atoms with Crippen LogP contribution in [0.1, 0.15) is 66.8 Å². The van der Waals surface area contributed by atoms with Crippen molar-refractivity contribution in [1.29, 1.82) is 0 Å². The van der Waals surface area contributed by atoms with E-state index in [1.54, 1.807) is 0 Å². The van der Waals surface area contributed by atoms with Gasteiger partial charge in [0.2, 0.25) is 0 Å². The van der Waals surface area contributed by atoms with Gasteiger partial charge in [0.05, 0.1) is 0 Å². The van der Waals surface area contributed by atoms with Crippen LogP contribution in [-0.2, 0) is 0 Å². The van der Waals surface area contributed by atoms with Gasteiger partial charge in [-0.3, -0.25) is 0 Å². The summed E-state index contributed by atoms with van der Waals surface area (Å²) < 4.78 is 0. The lowest BCUT2D eigenvalue weighted by Crippen LogP contribution is -2.12. The predicted octanol–water partition coefficient (Wildman–Crippen LogP) is 29.4. The molecule has 0 aliphatic carbocycles. The van der Waals surface area contributed by atoms with E-state index in [9.17, 15) is 0 Å². The lowest BCUT2D eigenvalue weighted by molar-refractivity contribution is 1.23. The average molecular weight is 1390 g/mol. The maximum absolute atomic E-state index is 2.39. The van der Waals surface area contributed by atoms with Crippen LogP contribution < -0.4 is 24.5 Å². The van der Waals surface area contributed by atoms with Gasteiger partial charge in [0.1, 0.15) is 0 Å². The van der Waals surface area contributed by atoms with E-state index >= 15 is 0 Å². The van der Waals surface area contributed by atoms with Crippen molar-refractivity contribution in [2.45, 2.75) is 83.1 Å². The number of hydrogen-bond acceptors (Lipinski definition) is 5. The molecular weight excluding hydrogens is 1300 g/mol. The minimum atomic E-state index is 1.09. The Labute approximate surface area is 633 Å². The summed E-state index contributed by atoms with van der Waals surface area (Å²) in [6, 6.07) is 123. The number of aryl methyl sites for hydroxylation is 12. The molecule has 107 heavy (non-hydrogen) atoms. The van der Waals surface area contributed by atoms with Gasteiger partial charge in [0.15, 0.2) is 0 Å². The molecule has 524 valence electrons. The van der Waals surface area contributed by atoms with Crippen LogP contribution in [0.5, 0.6) is 0 Å². The average Bonchev–Trinajstić information content (AvgIpc) is 0.811. The van der Waals surface area contributed by atoms with Gasteiger partial charge in [0, 0.05) is 85.3 Å². The molecule has 0 amide bonds. The molecule has 0 saturated heterocycles. The first kappa shape index (κ1) is 70.0. The van der Waals surface area contributed by atoms with Crippen molar-refractivity contribution in [3.63, 3.8) is 0 Å². The smallest absolute Gasteiger partial charge is 0.0490 e. The molecule has 0 heterocycles. The fourth-order valence-corrected chi connectivity index (χ4v) is 15.2. The van der Waals surface area contributed by atoms with E-state index in [4.69, 9.17) is 0 Å². The molecule has 0 atom stereocenters. The summed E-state index contributed by atoms with van der Waals surface area (Å²) in [6.45, 7) is 26.1. The third-order valence-electron chi connectivity index (χ3n) is 20.9. The van der Waals surface area contributed by atoms with Crippen molar-refractivity contribution in [1.82, 2.24) is 0 Å². The molecule has 0 aliphatic rings. The van der Waals surface area contributed by atoms with E-state index in [0.717, 1.165) is 118 Å². The Hall–Kier alpha value is -12.7. The molecule has 0 fully saturated rings. The van der Waals surface area contributed by atoms with Crippen molar-refractivity contribution < 1.29 is 0 Å². The highest BCUT2D eigenvalue weighted by Gasteiger charge is 2.23. The van der Waals surface area contributed by atoms with Crippen molar-refractivity contribution in [3.8, 4) is 44.5 Å². The van der Waals surface area contributed by atoms with Gasteiger partial charge in [-0.15, -0.1) is 0 Å². The molecule has 0 saturated carbocycles. The SMILES string of the molecule is Cc1ccc(N(c2ccc(-c3ccc(N(c4ccc(-c5ccc(N(c6ccc(-c7ccc(N(c8ccc(-c9ccc(N(c%10ccc(C)cc%10)c%10ccc(C)cc%10C)cc9)cc8)c8ccc(C)cc8C)cc7)cc6)c6ccc(C)cc6C)cc5)cc4)c4ccc(C)cc4C)cc3)cc2)c2ccc(C)cc2C)cc1. The third kappa shape index (κ3) is 14.9. The van der Waals surface area contributed by atoms with Crippen LogP contribution in [0.15, 0.2) is 334 Å². The second kappa shape index (κ2) is 30.2. The fraction of sp³-hybridized carbons (Fsp3) is 0.118. The van der Waals surface area contributed by atoms with E-state index in [1.807, 2.05) is 0 Å². The molecule has 0 unspecified atom stereocenters. The molecule has 0 aliphatic heterocycles. The minimum absolute atomic E-state index is 1.09. The Morgan fingerprint density at radius 1 is 0.121 bits per heavy atom. The first-order valence-corrected chi connectivity index (χ1v) is 37.3. The zero-order chi connectivity index (χ0) is 74.0. The van der Waals surface area contributed by atoms with Crippen LogP contribution in [0, 0.1) is 83.1 Å². The normalized spacial score (nSPS) is 11.2. The van der Waals surface area contributed by atoms with Crippen LogP contribution in [0.4, 0.5) is 85.3 Å². The number of nitrogens with zero attached hydrogens (tertiary/aromatic N) is 5. The van der Waals surface area contributed by atoms with Gasteiger partial charge in [0.25, 0.3) is 0 Å². The zero-order valence-corrected chi connectivity index (χ0v) is 63.5. The lowest BCUT2D eigenvalue weighted by atomic mass is 10.0. The van der Waals surface area contributed by atoms with Gasteiger partial charge in [-0.2, -0.15) is 0 Å². The molecule has 0 aromatic heterocycles. The molecule has 15 aromatic carbocycles. The van der Waals surface area contributed by atoms with Gasteiger partial charge in [-0.05, 0) is 307 Å². The van der Waals surface area contributed by atoms with Crippen LogP contribution in [0.2, 0.25) is 0 Å². The summed E-state index contributed by atoms with van der Waals surface area (Å²) in [6.07, 6.45) is 0. The molecule has 15 aromatic rings. The molecule has 0 spiro atoms. The van der Waals surface area contributed by atoms with Crippen molar-refractivity contribution in [2.24, 2.45) is 0 Å². The summed E-state index contributed by atoms with van der Waals surface area (Å²) in [5.41, 5.74) is 40.9. The highest BCUT2D eigenvalue weighted by atomic mass is 15.2. The Balaban J connectivity index is 0.670. The maximum Gasteiger partial charge on any atom is 0.0490 e. The van der Waals surface area contributed by atoms with E-state index in [2.05, 4.69) is 441 Å². The Morgan fingerprint density at radius 3 is 0.355 bits per heavy atom. The van der Waals surface area contributed by atoms with Crippen molar-refractivity contribution in [2.75, 3.05) is 24.5 Å². The summed E-state index contributed by atoms with van der Waals surface area (Å²) in [5, 5.41) is 0. The van der Waals surface area contributed by atoms with Crippen molar-refractivity contribution >= 4 is 85.3 Å². The van der Waals surface area contributed by atoms with Crippen LogP contribution >= 0.6 is 0 Å². The molecule has 5 heteroatoms. The van der Waals surface area contributed by atoms with E-state index in [-0.39, 0.29) is 0 Å². The minimum Gasteiger partial charge on any atom is -0.310 e. The Morgan fingerprint density at radius 2 is 0.234 bits per heavy atom. The summed E-state index contributed by atoms with van der Waals surface area (Å²) >= 11 is 0. The summed E-state index contributed by atoms with van der Waals surface area (Å²) in [7, 11) is 0. The Bertz CT molecular complexity index is 5320. The zero-order valence-electron chi connectivity index (χ0n) is 63.5. The van der Waals surface area contributed by atoms with Crippen LogP contribution in [-0.4, -0.2) is 0 Å². The Kier molecular flexibility index (Phi) is 19.7. The monoisotopic (exact) mass is 1390 g/mol. The third-order valence-corrected chi connectivity index (χ3v) is 20.9. The van der Waals surface area contributed by atoms with Gasteiger partial charge >= 0.3 is 0 Å². The molecule has 0 bridgehead atoms. The molecular formula is C102H91N5. The van der Waals surface area contributed by atoms with Crippen molar-refractivity contribution in [3.05, 3.63) is 400 Å². The second-order valence-corrected chi connectivity index (χ2v) is 29.2. The topological polar surface area (TPSA) is 16.2 Å². The fourth-order valence-electron chi connectivity index (χ4n) is 15.2. The number of benzene rings is 15. The highest BCUT2D eigenvalue weighted by Crippen LogP contribution is 2.46. The van der Waals surface area contributed by atoms with Gasteiger partial charge < -0.3 is 24.5 Å². The maximum atomic E-state index is 2.39. The van der Waals surface area contributed by atoms with E-state index in [1.165, 1.54) is 78.1 Å². The first-order chi connectivity index (χ1) is 51.9. The highest BCUT2D eigenvalue weighted by molar-refractivity contribution is 5.88. The molecule has 0 radical (unpaired) electrons. The van der Waals surface area contributed by atoms with E-state index < -0.39 is 0 Å². The summed E-state index contributed by atoms with van der Waals surface area (Å²) in [4.78, 5) is 11.9. The van der Waals surface area contributed by atoms with Gasteiger partial charge in [-0.1, -0.05) is 221 Å². The quantitative estimate of drug-likeness (QED) is 0.0800. The predicted molar refractivity (Wildman–Crippen MR) is 458 cm³/mol. The van der Waals surface area contributed by atoms with Crippen LogP contribution in [0.25, 0.3) is 44.5 Å². The van der Waals surface area contributed by atoms with Crippen LogP contribution in [0.3, 0.4) is 0 Å². The largest absolute Gasteiger partial charge is 0.310 e. The number of anilines is 15. The van der Waals surface area contributed by atoms with E-state index in [0.29, 0.717) is 0 Å². The number of rotatable bonds is 19. The standard InChI is InChI=1S/C102H91N5/c1-68-13-38-88(39-14-68)103(98-58-17-70(3)63-75(98)8)90-42-22-80(23-43-90)82-26-46-92(47-27-82)105(100-60-19-72(5)65-77(100)10)94-50-30-84(31-51-94)86-34-54-96(55-35-86)107(102-62-21-74(7)67-79(102)12)97-56-36-87(37-57-97)85-32-52-95(53-33-85)106(101-61-20-73(6)66-78(101)11)93-48-28-83(29-49-93)81-24-44-91(45-25-81)104(89-40-15-69(2)16-41-89)99-59-18-71(4)64-76(99)9/h13-67H,1-12H3. The van der Waals surface area contributed by atoms with Gasteiger partial charge in [-0.25, -0.2) is 0 Å².